The molecule has 0 spiro atoms. The minimum atomic E-state index is -0.410. The summed E-state index contributed by atoms with van der Waals surface area (Å²) in [5.74, 6) is 0.183. The third-order valence-electron chi connectivity index (χ3n) is 4.71. The quantitative estimate of drug-likeness (QED) is 0.559. The number of carbonyl (C=O) groups excluding carboxylic acids is 2. The minimum absolute atomic E-state index is 0.00135. The Morgan fingerprint density at radius 3 is 2.30 bits per heavy atom. The van der Waals surface area contributed by atoms with E-state index in [1.807, 2.05) is 51.1 Å². The zero-order valence-electron chi connectivity index (χ0n) is 17.5. The predicted octanol–water partition coefficient (Wildman–Crippen LogP) is 4.66. The van der Waals surface area contributed by atoms with Crippen LogP contribution in [0.25, 0.3) is 11.0 Å². The molecule has 3 aromatic rings. The Morgan fingerprint density at radius 2 is 1.60 bits per heavy atom. The van der Waals surface area contributed by atoms with Crippen LogP contribution in [0.1, 0.15) is 37.8 Å². The van der Waals surface area contributed by atoms with Crippen molar-refractivity contribution in [3.63, 3.8) is 0 Å². The lowest BCUT2D eigenvalue weighted by Gasteiger charge is -2.09. The van der Waals surface area contributed by atoms with E-state index in [0.717, 1.165) is 22.2 Å². The number of aryl methyl sites for hydroxylation is 2. The molecule has 0 bridgehead atoms. The van der Waals surface area contributed by atoms with Crippen LogP contribution in [0.5, 0.6) is 0 Å². The van der Waals surface area contributed by atoms with Crippen LogP contribution in [0.2, 0.25) is 0 Å². The maximum absolute atomic E-state index is 12.3. The first kappa shape index (κ1) is 21.3. The standard InChI is InChI=1S/C24H26N2O4/c1-15(2)12-23(28)25-18-7-4-17(5-8-18)6-11-22(27)26-19-9-10-20-16(3)13-24(29)30-21(20)14-19/h4-5,7-10,13-15H,6,11-12H2,1-3H3,(H,25,28)(H,26,27). The number of fused-ring (bicyclic) bond motifs is 1. The van der Waals surface area contributed by atoms with Crippen molar-refractivity contribution in [1.82, 2.24) is 0 Å². The van der Waals surface area contributed by atoms with Crippen LogP contribution in [0.4, 0.5) is 11.4 Å². The molecule has 2 amide bonds. The molecule has 0 saturated heterocycles. The molecule has 2 N–H and O–H groups in total. The monoisotopic (exact) mass is 406 g/mol. The smallest absolute Gasteiger partial charge is 0.336 e. The molecule has 0 aliphatic rings. The van der Waals surface area contributed by atoms with Gasteiger partial charge in [0.25, 0.3) is 0 Å². The Morgan fingerprint density at radius 1 is 0.933 bits per heavy atom. The summed E-state index contributed by atoms with van der Waals surface area (Å²) in [7, 11) is 0. The third-order valence-corrected chi connectivity index (χ3v) is 4.71. The molecule has 2 aromatic carbocycles. The molecule has 156 valence electrons. The molecule has 0 unspecified atom stereocenters. The summed E-state index contributed by atoms with van der Waals surface area (Å²) in [6, 6.07) is 14.2. The molecule has 3 rings (SSSR count). The molecular formula is C24H26N2O4. The van der Waals surface area contributed by atoms with Gasteiger partial charge in [-0.05, 0) is 54.7 Å². The van der Waals surface area contributed by atoms with E-state index >= 15 is 0 Å². The maximum atomic E-state index is 12.3. The minimum Gasteiger partial charge on any atom is -0.423 e. The van der Waals surface area contributed by atoms with Gasteiger partial charge in [-0.25, -0.2) is 4.79 Å². The molecule has 6 heteroatoms. The first-order valence-electron chi connectivity index (χ1n) is 10.0. The van der Waals surface area contributed by atoms with E-state index in [2.05, 4.69) is 10.6 Å². The van der Waals surface area contributed by atoms with E-state index in [9.17, 15) is 14.4 Å². The third kappa shape index (κ3) is 5.80. The van der Waals surface area contributed by atoms with Gasteiger partial charge in [-0.3, -0.25) is 9.59 Å². The molecule has 0 fully saturated rings. The lowest BCUT2D eigenvalue weighted by atomic mass is 10.1. The van der Waals surface area contributed by atoms with Gasteiger partial charge in [0.2, 0.25) is 11.8 Å². The summed E-state index contributed by atoms with van der Waals surface area (Å²) in [5.41, 5.74) is 3.22. The molecule has 0 aliphatic heterocycles. The van der Waals surface area contributed by atoms with Gasteiger partial charge in [-0.15, -0.1) is 0 Å². The number of anilines is 2. The van der Waals surface area contributed by atoms with Gasteiger partial charge >= 0.3 is 5.63 Å². The number of benzene rings is 2. The average Bonchev–Trinajstić information content (AvgIpc) is 2.66. The summed E-state index contributed by atoms with van der Waals surface area (Å²) in [4.78, 5) is 35.7. The second kappa shape index (κ2) is 9.39. The van der Waals surface area contributed by atoms with Crippen molar-refractivity contribution in [3.8, 4) is 0 Å². The summed E-state index contributed by atoms with van der Waals surface area (Å²) >= 11 is 0. The number of nitrogens with one attached hydrogen (secondary N) is 2. The highest BCUT2D eigenvalue weighted by Crippen LogP contribution is 2.21. The van der Waals surface area contributed by atoms with Crippen LogP contribution in [0.3, 0.4) is 0 Å². The van der Waals surface area contributed by atoms with E-state index < -0.39 is 5.63 Å². The summed E-state index contributed by atoms with van der Waals surface area (Å²) < 4.78 is 5.22. The molecule has 6 nitrogen and oxygen atoms in total. The normalized spacial score (nSPS) is 10.9. The molecule has 1 aromatic heterocycles. The molecule has 0 aliphatic carbocycles. The summed E-state index contributed by atoms with van der Waals surface area (Å²) in [6.45, 7) is 5.85. The largest absolute Gasteiger partial charge is 0.423 e. The average molecular weight is 406 g/mol. The first-order chi connectivity index (χ1) is 14.3. The van der Waals surface area contributed by atoms with Gasteiger partial charge in [-0.1, -0.05) is 26.0 Å². The highest BCUT2D eigenvalue weighted by molar-refractivity contribution is 5.94. The van der Waals surface area contributed by atoms with Crippen molar-refractivity contribution >= 4 is 34.2 Å². The van der Waals surface area contributed by atoms with Gasteiger partial charge < -0.3 is 15.1 Å². The highest BCUT2D eigenvalue weighted by Gasteiger charge is 2.08. The van der Waals surface area contributed by atoms with Crippen molar-refractivity contribution < 1.29 is 14.0 Å². The van der Waals surface area contributed by atoms with Gasteiger partial charge in [0.15, 0.2) is 0 Å². The maximum Gasteiger partial charge on any atom is 0.336 e. The number of hydrogen-bond donors (Lipinski definition) is 2. The summed E-state index contributed by atoms with van der Waals surface area (Å²) in [5, 5.41) is 6.55. The van der Waals surface area contributed by atoms with Crippen LogP contribution in [0.15, 0.2) is 57.7 Å². The fourth-order valence-electron chi connectivity index (χ4n) is 3.22. The molecule has 1 heterocycles. The Bertz CT molecular complexity index is 1110. The lowest BCUT2D eigenvalue weighted by molar-refractivity contribution is -0.117. The SMILES string of the molecule is Cc1cc(=O)oc2cc(NC(=O)CCc3ccc(NC(=O)CC(C)C)cc3)ccc12. The van der Waals surface area contributed by atoms with Gasteiger partial charge in [0.1, 0.15) is 5.58 Å². The highest BCUT2D eigenvalue weighted by atomic mass is 16.4. The van der Waals surface area contributed by atoms with Gasteiger partial charge in [-0.2, -0.15) is 0 Å². The molecule has 30 heavy (non-hydrogen) atoms. The van der Waals surface area contributed by atoms with Crippen molar-refractivity contribution in [3.05, 3.63) is 70.1 Å². The number of carbonyl (C=O) groups is 2. The zero-order chi connectivity index (χ0) is 21.7. The fraction of sp³-hybridized carbons (Fsp3) is 0.292. The van der Waals surface area contributed by atoms with E-state index in [-0.39, 0.29) is 11.8 Å². The van der Waals surface area contributed by atoms with Crippen LogP contribution in [-0.2, 0) is 16.0 Å². The van der Waals surface area contributed by atoms with E-state index in [1.54, 1.807) is 12.1 Å². The van der Waals surface area contributed by atoms with Gasteiger partial charge in [0, 0.05) is 41.7 Å². The number of amides is 2. The van der Waals surface area contributed by atoms with Crippen molar-refractivity contribution in [2.24, 2.45) is 5.92 Å². The van der Waals surface area contributed by atoms with Crippen LogP contribution in [-0.4, -0.2) is 11.8 Å². The summed E-state index contributed by atoms with van der Waals surface area (Å²) in [6.07, 6.45) is 1.38. The Balaban J connectivity index is 1.55. The first-order valence-corrected chi connectivity index (χ1v) is 10.0. The second-order valence-electron chi connectivity index (χ2n) is 7.85. The second-order valence-corrected chi connectivity index (χ2v) is 7.85. The number of hydrogen-bond acceptors (Lipinski definition) is 4. The Kier molecular flexibility index (Phi) is 6.67. The Labute approximate surface area is 175 Å². The van der Waals surface area contributed by atoms with Crippen molar-refractivity contribution in [2.45, 2.75) is 40.0 Å². The van der Waals surface area contributed by atoms with Crippen molar-refractivity contribution in [2.75, 3.05) is 10.6 Å². The molecule has 0 saturated carbocycles. The zero-order valence-corrected chi connectivity index (χ0v) is 17.5. The number of rotatable bonds is 7. The van der Waals surface area contributed by atoms with Crippen LogP contribution >= 0.6 is 0 Å². The Hall–Kier alpha value is -3.41. The molecule has 0 radical (unpaired) electrons. The van der Waals surface area contributed by atoms with E-state index in [0.29, 0.717) is 36.5 Å². The molecular weight excluding hydrogens is 380 g/mol. The van der Waals surface area contributed by atoms with Crippen LogP contribution < -0.4 is 16.3 Å². The van der Waals surface area contributed by atoms with E-state index in [1.165, 1.54) is 6.07 Å². The lowest BCUT2D eigenvalue weighted by Crippen LogP contribution is -2.14. The van der Waals surface area contributed by atoms with Gasteiger partial charge in [0.05, 0.1) is 0 Å². The topological polar surface area (TPSA) is 88.4 Å². The van der Waals surface area contributed by atoms with Crippen LogP contribution in [0, 0.1) is 12.8 Å². The van der Waals surface area contributed by atoms with Crippen molar-refractivity contribution in [1.29, 1.82) is 0 Å². The predicted molar refractivity (Wildman–Crippen MR) is 119 cm³/mol. The molecule has 0 atom stereocenters. The van der Waals surface area contributed by atoms with E-state index in [4.69, 9.17) is 4.42 Å². The fourth-order valence-corrected chi connectivity index (χ4v) is 3.22.